The van der Waals surface area contributed by atoms with Crippen molar-refractivity contribution in [1.82, 2.24) is 0 Å². The quantitative estimate of drug-likeness (QED) is 0.576. The van der Waals surface area contributed by atoms with E-state index in [4.69, 9.17) is 10.2 Å². The third kappa shape index (κ3) is 2.93. The lowest BCUT2D eigenvalue weighted by molar-refractivity contribution is -0.111. The Morgan fingerprint density at radius 3 is 2.54 bits per heavy atom. The van der Waals surface area contributed by atoms with E-state index in [9.17, 15) is 5.11 Å². The fourth-order valence-electron chi connectivity index (χ4n) is 2.24. The Bertz CT molecular complexity index is 147. The number of aliphatic hydroxyl groups is 3. The zero-order valence-electron chi connectivity index (χ0n) is 8.19. The molecule has 0 aromatic rings. The van der Waals surface area contributed by atoms with Crippen molar-refractivity contribution in [3.05, 3.63) is 0 Å². The molecule has 3 unspecified atom stereocenters. The number of hydrogen-bond donors (Lipinski definition) is 3. The minimum Gasteiger partial charge on any atom is -0.393 e. The van der Waals surface area contributed by atoms with E-state index in [1.807, 2.05) is 0 Å². The van der Waals surface area contributed by atoms with E-state index in [0.717, 1.165) is 25.7 Å². The zero-order chi connectivity index (χ0) is 9.84. The molecule has 1 aliphatic rings. The van der Waals surface area contributed by atoms with Crippen molar-refractivity contribution < 1.29 is 15.3 Å². The first-order chi connectivity index (χ1) is 6.15. The van der Waals surface area contributed by atoms with Crippen LogP contribution in [-0.4, -0.2) is 27.7 Å². The van der Waals surface area contributed by atoms with Crippen LogP contribution in [0.15, 0.2) is 0 Å². The Labute approximate surface area is 79.4 Å². The molecule has 13 heavy (non-hydrogen) atoms. The summed E-state index contributed by atoms with van der Waals surface area (Å²) in [7, 11) is 0. The Kier molecular flexibility index (Phi) is 4.16. The molecule has 0 radical (unpaired) electrons. The maximum atomic E-state index is 9.64. The van der Waals surface area contributed by atoms with E-state index >= 15 is 0 Å². The maximum absolute atomic E-state index is 9.64. The van der Waals surface area contributed by atoms with E-state index in [2.05, 4.69) is 6.92 Å². The second-order valence-corrected chi connectivity index (χ2v) is 4.10. The van der Waals surface area contributed by atoms with Crippen molar-refractivity contribution in [2.24, 2.45) is 11.8 Å². The highest BCUT2D eigenvalue weighted by molar-refractivity contribution is 4.80. The van der Waals surface area contributed by atoms with Crippen LogP contribution in [0.1, 0.15) is 39.0 Å². The van der Waals surface area contributed by atoms with Crippen molar-refractivity contribution in [3.8, 4) is 0 Å². The van der Waals surface area contributed by atoms with Crippen LogP contribution in [0.4, 0.5) is 0 Å². The Hall–Kier alpha value is -0.120. The van der Waals surface area contributed by atoms with Gasteiger partial charge in [0.2, 0.25) is 0 Å². The van der Waals surface area contributed by atoms with Gasteiger partial charge in [0.1, 0.15) is 0 Å². The van der Waals surface area contributed by atoms with Gasteiger partial charge in [-0.2, -0.15) is 0 Å². The molecule has 0 amide bonds. The van der Waals surface area contributed by atoms with Crippen LogP contribution in [0.2, 0.25) is 0 Å². The molecule has 0 spiro atoms. The van der Waals surface area contributed by atoms with Crippen LogP contribution in [0.3, 0.4) is 0 Å². The molecule has 1 rings (SSSR count). The average Bonchev–Trinajstić information content (AvgIpc) is 2.08. The van der Waals surface area contributed by atoms with Crippen LogP contribution in [0.25, 0.3) is 0 Å². The summed E-state index contributed by atoms with van der Waals surface area (Å²) in [6, 6.07) is 0. The van der Waals surface area contributed by atoms with Gasteiger partial charge in [-0.1, -0.05) is 13.3 Å². The number of rotatable bonds is 3. The summed E-state index contributed by atoms with van der Waals surface area (Å²) in [6.07, 6.45) is 2.82. The fourth-order valence-corrected chi connectivity index (χ4v) is 2.24. The van der Waals surface area contributed by atoms with Crippen molar-refractivity contribution in [1.29, 1.82) is 0 Å². The molecular formula is C10H20O3. The summed E-state index contributed by atoms with van der Waals surface area (Å²) in [5.41, 5.74) is 0. The molecule has 0 aromatic heterocycles. The first kappa shape index (κ1) is 11.0. The number of hydrogen-bond acceptors (Lipinski definition) is 3. The van der Waals surface area contributed by atoms with Gasteiger partial charge in [-0.05, 0) is 31.6 Å². The maximum Gasteiger partial charge on any atom is 0.154 e. The molecule has 3 N–H and O–H groups in total. The predicted octanol–water partition coefficient (Wildman–Crippen LogP) is 0.874. The van der Waals surface area contributed by atoms with Crippen LogP contribution in [-0.2, 0) is 0 Å². The molecule has 78 valence electrons. The summed E-state index contributed by atoms with van der Waals surface area (Å²) in [5, 5.41) is 27.7. The van der Waals surface area contributed by atoms with Crippen LogP contribution >= 0.6 is 0 Å². The van der Waals surface area contributed by atoms with Crippen molar-refractivity contribution in [2.75, 3.05) is 0 Å². The molecule has 3 heteroatoms. The standard InChI is InChI=1S/C10H20O3/c1-2-3-7-6-8(10(12)13)4-5-9(7)11/h7-13H,2-6H2,1H3. The molecule has 0 saturated heterocycles. The van der Waals surface area contributed by atoms with Gasteiger partial charge in [-0.15, -0.1) is 0 Å². The molecule has 0 aromatic carbocycles. The van der Waals surface area contributed by atoms with Crippen LogP contribution < -0.4 is 0 Å². The van der Waals surface area contributed by atoms with E-state index in [-0.39, 0.29) is 17.9 Å². The van der Waals surface area contributed by atoms with Gasteiger partial charge in [-0.3, -0.25) is 0 Å². The first-order valence-corrected chi connectivity index (χ1v) is 5.19. The summed E-state index contributed by atoms with van der Waals surface area (Å²) in [4.78, 5) is 0. The topological polar surface area (TPSA) is 60.7 Å². The highest BCUT2D eigenvalue weighted by Gasteiger charge is 2.31. The average molecular weight is 188 g/mol. The monoisotopic (exact) mass is 188 g/mol. The third-order valence-corrected chi connectivity index (χ3v) is 3.06. The highest BCUT2D eigenvalue weighted by Crippen LogP contribution is 2.33. The van der Waals surface area contributed by atoms with Gasteiger partial charge in [0.05, 0.1) is 6.10 Å². The SMILES string of the molecule is CCCC1CC(C(O)O)CCC1O. The lowest BCUT2D eigenvalue weighted by Crippen LogP contribution is -2.34. The first-order valence-electron chi connectivity index (χ1n) is 5.19. The van der Waals surface area contributed by atoms with E-state index < -0.39 is 6.29 Å². The lowest BCUT2D eigenvalue weighted by Gasteiger charge is -2.33. The van der Waals surface area contributed by atoms with Crippen molar-refractivity contribution in [3.63, 3.8) is 0 Å². The van der Waals surface area contributed by atoms with Crippen LogP contribution in [0, 0.1) is 11.8 Å². The van der Waals surface area contributed by atoms with Crippen molar-refractivity contribution in [2.45, 2.75) is 51.4 Å². The zero-order valence-corrected chi connectivity index (χ0v) is 8.19. The van der Waals surface area contributed by atoms with Gasteiger partial charge in [0, 0.05) is 5.92 Å². The second kappa shape index (κ2) is 4.94. The Morgan fingerprint density at radius 2 is 2.00 bits per heavy atom. The molecule has 0 bridgehead atoms. The summed E-state index contributed by atoms with van der Waals surface area (Å²) < 4.78 is 0. The molecule has 0 heterocycles. The van der Waals surface area contributed by atoms with Crippen LogP contribution in [0.5, 0.6) is 0 Å². The van der Waals surface area contributed by atoms with Gasteiger partial charge >= 0.3 is 0 Å². The van der Waals surface area contributed by atoms with Gasteiger partial charge in [0.25, 0.3) is 0 Å². The van der Waals surface area contributed by atoms with E-state index in [1.54, 1.807) is 0 Å². The number of aliphatic hydroxyl groups excluding tert-OH is 2. The predicted molar refractivity (Wildman–Crippen MR) is 50.0 cm³/mol. The highest BCUT2D eigenvalue weighted by atomic mass is 16.5. The second-order valence-electron chi connectivity index (χ2n) is 4.10. The molecule has 0 aliphatic heterocycles. The van der Waals surface area contributed by atoms with Gasteiger partial charge in [-0.25, -0.2) is 0 Å². The molecule has 3 nitrogen and oxygen atoms in total. The van der Waals surface area contributed by atoms with E-state index in [0.29, 0.717) is 6.42 Å². The van der Waals surface area contributed by atoms with Crippen molar-refractivity contribution >= 4 is 0 Å². The van der Waals surface area contributed by atoms with Gasteiger partial charge < -0.3 is 15.3 Å². The Morgan fingerprint density at radius 1 is 1.31 bits per heavy atom. The van der Waals surface area contributed by atoms with Gasteiger partial charge in [0.15, 0.2) is 6.29 Å². The molecular weight excluding hydrogens is 168 g/mol. The molecule has 1 aliphatic carbocycles. The van der Waals surface area contributed by atoms with E-state index in [1.165, 1.54) is 0 Å². The fraction of sp³-hybridized carbons (Fsp3) is 1.00. The minimum absolute atomic E-state index is 0.0278. The molecule has 1 fully saturated rings. The molecule has 1 saturated carbocycles. The summed E-state index contributed by atoms with van der Waals surface area (Å²) in [6.45, 7) is 2.09. The third-order valence-electron chi connectivity index (χ3n) is 3.06. The minimum atomic E-state index is -1.20. The Balaban J connectivity index is 2.42. The normalized spacial score (nSPS) is 35.3. The molecule has 3 atom stereocenters. The smallest absolute Gasteiger partial charge is 0.154 e. The summed E-state index contributed by atoms with van der Waals surface area (Å²) >= 11 is 0. The largest absolute Gasteiger partial charge is 0.393 e. The lowest BCUT2D eigenvalue weighted by atomic mass is 9.77. The summed E-state index contributed by atoms with van der Waals surface area (Å²) in [5.74, 6) is 0.241.